The first kappa shape index (κ1) is 23.6. The van der Waals surface area contributed by atoms with Gasteiger partial charge in [0, 0.05) is 31.1 Å². The molecule has 0 aliphatic rings. The predicted molar refractivity (Wildman–Crippen MR) is 101 cm³/mol. The highest BCUT2D eigenvalue weighted by molar-refractivity contribution is 7.89. The summed E-state index contributed by atoms with van der Waals surface area (Å²) < 4.78 is 32.7. The summed E-state index contributed by atoms with van der Waals surface area (Å²) in [7, 11) is -2.12. The SMILES string of the molecule is CCN[C@H](C)CNS(=O)(=O)c1ccc(OC)c(CNC(=O)CC)c1.Cl. The average Bonchev–Trinajstić information content (AvgIpc) is 2.57. The minimum absolute atomic E-state index is 0. The summed E-state index contributed by atoms with van der Waals surface area (Å²) in [6.45, 7) is 6.91. The second-order valence-electron chi connectivity index (χ2n) is 5.41. The van der Waals surface area contributed by atoms with Gasteiger partial charge in [-0.3, -0.25) is 4.79 Å². The number of hydrogen-bond donors (Lipinski definition) is 3. The number of ether oxygens (including phenoxy) is 1. The van der Waals surface area contributed by atoms with Crippen LogP contribution in [0, 0.1) is 0 Å². The smallest absolute Gasteiger partial charge is 0.240 e. The summed E-state index contributed by atoms with van der Waals surface area (Å²) in [5.41, 5.74) is 0.613. The Bertz CT molecular complexity index is 653. The summed E-state index contributed by atoms with van der Waals surface area (Å²) in [5, 5.41) is 5.87. The summed E-state index contributed by atoms with van der Waals surface area (Å²) in [6.07, 6.45) is 0.365. The van der Waals surface area contributed by atoms with Crippen LogP contribution >= 0.6 is 12.4 Å². The molecule has 0 bridgehead atoms. The lowest BCUT2D eigenvalue weighted by atomic mass is 10.2. The predicted octanol–water partition coefficient (Wildman–Crippen LogP) is 1.42. The maximum Gasteiger partial charge on any atom is 0.240 e. The van der Waals surface area contributed by atoms with Gasteiger partial charge in [-0.25, -0.2) is 13.1 Å². The minimum atomic E-state index is -3.62. The number of benzene rings is 1. The number of likely N-dealkylation sites (N-methyl/N-ethyl adjacent to an activating group) is 1. The Morgan fingerprint density at radius 1 is 1.28 bits per heavy atom. The van der Waals surface area contributed by atoms with E-state index in [2.05, 4.69) is 15.4 Å². The summed E-state index contributed by atoms with van der Waals surface area (Å²) >= 11 is 0. The first-order valence-electron chi connectivity index (χ1n) is 8.00. The van der Waals surface area contributed by atoms with Crippen LogP contribution in [0.4, 0.5) is 0 Å². The van der Waals surface area contributed by atoms with Crippen molar-refractivity contribution in [2.75, 3.05) is 20.2 Å². The van der Waals surface area contributed by atoms with Gasteiger partial charge in [0.2, 0.25) is 15.9 Å². The molecule has 25 heavy (non-hydrogen) atoms. The molecule has 0 heterocycles. The van der Waals surface area contributed by atoms with E-state index in [1.807, 2.05) is 13.8 Å². The van der Waals surface area contributed by atoms with Crippen LogP contribution in [0.25, 0.3) is 0 Å². The van der Waals surface area contributed by atoms with Crippen LogP contribution in [-0.2, 0) is 21.4 Å². The van der Waals surface area contributed by atoms with Gasteiger partial charge in [0.25, 0.3) is 0 Å². The first-order chi connectivity index (χ1) is 11.3. The third kappa shape index (κ3) is 7.60. The van der Waals surface area contributed by atoms with Gasteiger partial charge >= 0.3 is 0 Å². The Morgan fingerprint density at radius 2 is 1.96 bits per heavy atom. The molecule has 0 unspecified atom stereocenters. The normalized spacial score (nSPS) is 12.2. The maximum atomic E-state index is 12.4. The molecule has 0 spiro atoms. The van der Waals surface area contributed by atoms with Crippen molar-refractivity contribution in [1.29, 1.82) is 0 Å². The monoisotopic (exact) mass is 393 g/mol. The van der Waals surface area contributed by atoms with E-state index in [1.165, 1.54) is 19.2 Å². The molecule has 1 atom stereocenters. The molecular weight excluding hydrogens is 366 g/mol. The number of hydrogen-bond acceptors (Lipinski definition) is 5. The highest BCUT2D eigenvalue weighted by Crippen LogP contribution is 2.22. The number of methoxy groups -OCH3 is 1. The number of carbonyl (C=O) groups excluding carboxylic acids is 1. The zero-order chi connectivity index (χ0) is 18.2. The Kier molecular flexibility index (Phi) is 10.7. The molecular formula is C16H28ClN3O4S. The van der Waals surface area contributed by atoms with Gasteiger partial charge in [0.1, 0.15) is 5.75 Å². The van der Waals surface area contributed by atoms with Crippen molar-refractivity contribution >= 4 is 28.3 Å². The zero-order valence-electron chi connectivity index (χ0n) is 15.1. The number of rotatable bonds is 10. The van der Waals surface area contributed by atoms with Crippen LogP contribution in [-0.4, -0.2) is 40.6 Å². The van der Waals surface area contributed by atoms with E-state index < -0.39 is 10.0 Å². The molecule has 1 amide bonds. The highest BCUT2D eigenvalue weighted by Gasteiger charge is 2.17. The number of carbonyl (C=O) groups is 1. The number of nitrogens with one attached hydrogen (secondary N) is 3. The highest BCUT2D eigenvalue weighted by atomic mass is 35.5. The first-order valence-corrected chi connectivity index (χ1v) is 9.49. The van der Waals surface area contributed by atoms with Crippen molar-refractivity contribution in [1.82, 2.24) is 15.4 Å². The van der Waals surface area contributed by atoms with Gasteiger partial charge in [-0.05, 0) is 31.7 Å². The van der Waals surface area contributed by atoms with Crippen LogP contribution in [0.15, 0.2) is 23.1 Å². The fourth-order valence-corrected chi connectivity index (χ4v) is 3.30. The van der Waals surface area contributed by atoms with Gasteiger partial charge in [0.05, 0.1) is 12.0 Å². The average molecular weight is 394 g/mol. The van der Waals surface area contributed by atoms with Crippen LogP contribution in [0.3, 0.4) is 0 Å². The maximum absolute atomic E-state index is 12.4. The van der Waals surface area contributed by atoms with Gasteiger partial charge in [0.15, 0.2) is 0 Å². The molecule has 0 aliphatic carbocycles. The lowest BCUT2D eigenvalue weighted by molar-refractivity contribution is -0.120. The molecule has 0 fully saturated rings. The molecule has 7 nitrogen and oxygen atoms in total. The topological polar surface area (TPSA) is 96.5 Å². The molecule has 9 heteroatoms. The molecule has 0 aromatic heterocycles. The number of sulfonamides is 1. The summed E-state index contributed by atoms with van der Waals surface area (Å²) in [6, 6.07) is 4.64. The molecule has 1 aromatic carbocycles. The molecule has 0 saturated carbocycles. The quantitative estimate of drug-likeness (QED) is 0.558. The fourth-order valence-electron chi connectivity index (χ4n) is 2.12. The lowest BCUT2D eigenvalue weighted by Crippen LogP contribution is -2.38. The summed E-state index contributed by atoms with van der Waals surface area (Å²) in [5.74, 6) is 0.425. The van der Waals surface area contributed by atoms with Gasteiger partial charge in [-0.15, -0.1) is 12.4 Å². The van der Waals surface area contributed by atoms with E-state index in [0.29, 0.717) is 24.3 Å². The Labute approximate surface area is 156 Å². The van der Waals surface area contributed by atoms with Crippen molar-refractivity contribution in [3.8, 4) is 5.75 Å². The molecule has 0 aliphatic heterocycles. The van der Waals surface area contributed by atoms with Crippen molar-refractivity contribution in [2.45, 2.75) is 44.7 Å². The van der Waals surface area contributed by atoms with Crippen molar-refractivity contribution in [2.24, 2.45) is 0 Å². The Hall–Kier alpha value is -1.35. The van der Waals surface area contributed by atoms with E-state index >= 15 is 0 Å². The van der Waals surface area contributed by atoms with Crippen molar-refractivity contribution < 1.29 is 17.9 Å². The van der Waals surface area contributed by atoms with E-state index in [1.54, 1.807) is 13.0 Å². The number of amides is 1. The molecule has 144 valence electrons. The van der Waals surface area contributed by atoms with Crippen LogP contribution in [0.1, 0.15) is 32.8 Å². The van der Waals surface area contributed by atoms with Gasteiger partial charge in [-0.1, -0.05) is 13.8 Å². The summed E-state index contributed by atoms with van der Waals surface area (Å²) in [4.78, 5) is 11.6. The van der Waals surface area contributed by atoms with Gasteiger partial charge in [-0.2, -0.15) is 0 Å². The van der Waals surface area contributed by atoms with Crippen LogP contribution in [0.2, 0.25) is 0 Å². The second kappa shape index (κ2) is 11.3. The molecule has 3 N–H and O–H groups in total. The lowest BCUT2D eigenvalue weighted by Gasteiger charge is -2.15. The second-order valence-corrected chi connectivity index (χ2v) is 7.18. The third-order valence-corrected chi connectivity index (χ3v) is 4.91. The Balaban J connectivity index is 0.00000576. The van der Waals surface area contributed by atoms with Gasteiger partial charge < -0.3 is 15.4 Å². The van der Waals surface area contributed by atoms with E-state index in [-0.39, 0.29) is 35.8 Å². The van der Waals surface area contributed by atoms with Crippen molar-refractivity contribution in [3.05, 3.63) is 23.8 Å². The third-order valence-electron chi connectivity index (χ3n) is 3.49. The van der Waals surface area contributed by atoms with E-state index in [0.717, 1.165) is 6.54 Å². The Morgan fingerprint density at radius 3 is 2.52 bits per heavy atom. The standard InChI is InChI=1S/C16H27N3O4S.ClH/c1-5-16(20)18-11-13-9-14(7-8-15(13)23-4)24(21,22)19-10-12(3)17-6-2;/h7-9,12,17,19H,5-6,10-11H2,1-4H3,(H,18,20);1H/t12-;/m1./s1. The molecule has 1 aromatic rings. The van der Waals surface area contributed by atoms with Crippen LogP contribution < -0.4 is 20.1 Å². The van der Waals surface area contributed by atoms with Crippen molar-refractivity contribution in [3.63, 3.8) is 0 Å². The van der Waals surface area contributed by atoms with Crippen LogP contribution in [0.5, 0.6) is 5.75 Å². The van der Waals surface area contributed by atoms with E-state index in [4.69, 9.17) is 4.74 Å². The number of halogens is 1. The zero-order valence-corrected chi connectivity index (χ0v) is 16.7. The minimum Gasteiger partial charge on any atom is -0.496 e. The molecule has 1 rings (SSSR count). The largest absolute Gasteiger partial charge is 0.496 e. The molecule has 0 radical (unpaired) electrons. The fraction of sp³-hybridized carbons (Fsp3) is 0.562. The van der Waals surface area contributed by atoms with E-state index in [9.17, 15) is 13.2 Å². The molecule has 0 saturated heterocycles.